The molecule has 0 aliphatic carbocycles. The lowest BCUT2D eigenvalue weighted by atomic mass is 10.0. The maximum Gasteiger partial charge on any atom is 0.221 e. The molecule has 0 aliphatic heterocycles. The quantitative estimate of drug-likeness (QED) is 0.801. The van der Waals surface area contributed by atoms with E-state index < -0.39 is 0 Å². The molecule has 1 amide bonds. The Morgan fingerprint density at radius 2 is 2.16 bits per heavy atom. The van der Waals surface area contributed by atoms with Crippen LogP contribution < -0.4 is 11.1 Å². The average Bonchev–Trinajstić information content (AvgIpc) is 2.93. The number of nitrogens with zero attached hydrogens (tertiary/aromatic N) is 2. The minimum atomic E-state index is -0.286. The molecule has 6 nitrogen and oxygen atoms in total. The lowest BCUT2D eigenvalue weighted by Crippen LogP contribution is -2.29. The van der Waals surface area contributed by atoms with Crippen molar-refractivity contribution in [3.63, 3.8) is 0 Å². The van der Waals surface area contributed by atoms with E-state index in [-0.39, 0.29) is 18.4 Å². The minimum absolute atomic E-state index is 0.0835. The molecular formula is C13H16N4O2. The van der Waals surface area contributed by atoms with Gasteiger partial charge >= 0.3 is 0 Å². The lowest BCUT2D eigenvalue weighted by Gasteiger charge is -2.11. The zero-order valence-electron chi connectivity index (χ0n) is 10.5. The number of hydrogen-bond acceptors (Lipinski definition) is 5. The summed E-state index contributed by atoms with van der Waals surface area (Å²) in [6.45, 7) is 0.472. The highest BCUT2D eigenvalue weighted by molar-refractivity contribution is 5.76. The number of benzene rings is 1. The number of amides is 1. The maximum atomic E-state index is 11.7. The van der Waals surface area contributed by atoms with Crippen molar-refractivity contribution >= 4 is 5.91 Å². The van der Waals surface area contributed by atoms with E-state index in [0.29, 0.717) is 18.8 Å². The molecule has 0 bridgehead atoms. The fourth-order valence-electron chi connectivity index (χ4n) is 1.71. The van der Waals surface area contributed by atoms with Gasteiger partial charge in [-0.1, -0.05) is 35.5 Å². The first-order valence-electron chi connectivity index (χ1n) is 6.08. The van der Waals surface area contributed by atoms with Crippen molar-refractivity contribution in [2.24, 2.45) is 5.73 Å². The van der Waals surface area contributed by atoms with Crippen LogP contribution in [0.5, 0.6) is 0 Å². The zero-order valence-corrected chi connectivity index (χ0v) is 10.5. The van der Waals surface area contributed by atoms with Gasteiger partial charge in [-0.15, -0.1) is 0 Å². The molecule has 1 atom stereocenters. The largest absolute Gasteiger partial charge is 0.356 e. The van der Waals surface area contributed by atoms with Crippen molar-refractivity contribution in [1.29, 1.82) is 0 Å². The van der Waals surface area contributed by atoms with Gasteiger partial charge in [0.05, 0.1) is 0 Å². The highest BCUT2D eigenvalue weighted by Gasteiger charge is 2.11. The van der Waals surface area contributed by atoms with Gasteiger partial charge in [0.15, 0.2) is 5.82 Å². The Morgan fingerprint density at radius 1 is 1.37 bits per heavy atom. The second-order valence-corrected chi connectivity index (χ2v) is 4.17. The van der Waals surface area contributed by atoms with Crippen LogP contribution in [0.15, 0.2) is 41.2 Å². The molecule has 0 aliphatic rings. The lowest BCUT2D eigenvalue weighted by molar-refractivity contribution is -0.121. The molecule has 100 valence electrons. The van der Waals surface area contributed by atoms with Crippen molar-refractivity contribution in [2.45, 2.75) is 18.9 Å². The smallest absolute Gasteiger partial charge is 0.221 e. The summed E-state index contributed by atoms with van der Waals surface area (Å²) in [5.41, 5.74) is 6.92. The predicted octanol–water partition coefficient (Wildman–Crippen LogP) is 0.818. The van der Waals surface area contributed by atoms with Crippen LogP contribution >= 0.6 is 0 Å². The summed E-state index contributed by atoms with van der Waals surface area (Å²) in [6, 6.07) is 9.27. The van der Waals surface area contributed by atoms with Gasteiger partial charge in [0.1, 0.15) is 0 Å². The normalized spacial score (nSPS) is 12.1. The Labute approximate surface area is 111 Å². The van der Waals surface area contributed by atoms with Gasteiger partial charge in [-0.2, -0.15) is 4.98 Å². The van der Waals surface area contributed by atoms with E-state index in [2.05, 4.69) is 20.0 Å². The summed E-state index contributed by atoms with van der Waals surface area (Å²) >= 11 is 0. The molecular weight excluding hydrogens is 244 g/mol. The Balaban J connectivity index is 1.72. The van der Waals surface area contributed by atoms with Crippen LogP contribution in [-0.2, 0) is 11.2 Å². The van der Waals surface area contributed by atoms with Crippen LogP contribution in [0.25, 0.3) is 0 Å². The van der Waals surface area contributed by atoms with Crippen molar-refractivity contribution < 1.29 is 9.32 Å². The first kappa shape index (κ1) is 13.2. The summed E-state index contributed by atoms with van der Waals surface area (Å²) in [6.07, 6.45) is 2.07. The van der Waals surface area contributed by atoms with Crippen LogP contribution in [0.1, 0.15) is 23.9 Å². The number of aromatic nitrogens is 2. The molecule has 0 saturated carbocycles. The highest BCUT2D eigenvalue weighted by Crippen LogP contribution is 2.12. The summed E-state index contributed by atoms with van der Waals surface area (Å²) in [5.74, 6) is 0.493. The third-order valence-electron chi connectivity index (χ3n) is 2.71. The fourth-order valence-corrected chi connectivity index (χ4v) is 1.71. The molecule has 1 heterocycles. The molecule has 6 heteroatoms. The average molecular weight is 260 g/mol. The molecule has 3 N–H and O–H groups in total. The van der Waals surface area contributed by atoms with Crippen molar-refractivity contribution in [3.8, 4) is 0 Å². The topological polar surface area (TPSA) is 94.0 Å². The van der Waals surface area contributed by atoms with E-state index in [1.165, 1.54) is 6.39 Å². The fraction of sp³-hybridized carbons (Fsp3) is 0.308. The number of rotatable bonds is 6. The third-order valence-corrected chi connectivity index (χ3v) is 2.71. The second-order valence-electron chi connectivity index (χ2n) is 4.17. The molecule has 1 unspecified atom stereocenters. The van der Waals surface area contributed by atoms with Crippen LogP contribution in [0.2, 0.25) is 0 Å². The highest BCUT2D eigenvalue weighted by atomic mass is 16.5. The van der Waals surface area contributed by atoms with Crippen LogP contribution in [0.4, 0.5) is 0 Å². The van der Waals surface area contributed by atoms with Crippen molar-refractivity contribution in [2.75, 3.05) is 6.54 Å². The van der Waals surface area contributed by atoms with Gasteiger partial charge in [-0.3, -0.25) is 4.79 Å². The maximum absolute atomic E-state index is 11.7. The first-order chi connectivity index (χ1) is 9.25. The molecule has 0 fully saturated rings. The monoisotopic (exact) mass is 260 g/mol. The minimum Gasteiger partial charge on any atom is -0.356 e. The van der Waals surface area contributed by atoms with E-state index in [4.69, 9.17) is 5.73 Å². The van der Waals surface area contributed by atoms with E-state index >= 15 is 0 Å². The van der Waals surface area contributed by atoms with E-state index in [9.17, 15) is 4.79 Å². The molecule has 2 aromatic rings. The van der Waals surface area contributed by atoms with Crippen molar-refractivity contribution in [3.05, 3.63) is 48.1 Å². The molecule has 19 heavy (non-hydrogen) atoms. The van der Waals surface area contributed by atoms with Gasteiger partial charge < -0.3 is 15.6 Å². The molecule has 1 aromatic carbocycles. The van der Waals surface area contributed by atoms with Gasteiger partial charge in [0, 0.05) is 25.4 Å². The predicted molar refractivity (Wildman–Crippen MR) is 69.0 cm³/mol. The Morgan fingerprint density at radius 3 is 2.84 bits per heavy atom. The molecule has 1 aromatic heterocycles. The van der Waals surface area contributed by atoms with Gasteiger partial charge in [-0.05, 0) is 5.56 Å². The number of nitrogens with one attached hydrogen (secondary N) is 1. The molecule has 0 saturated heterocycles. The number of carbonyl (C=O) groups is 1. The summed E-state index contributed by atoms with van der Waals surface area (Å²) < 4.78 is 4.60. The van der Waals surface area contributed by atoms with Crippen LogP contribution in [0, 0.1) is 0 Å². The van der Waals surface area contributed by atoms with E-state index in [1.54, 1.807) is 0 Å². The Hall–Kier alpha value is -2.21. The van der Waals surface area contributed by atoms with Gasteiger partial charge in [-0.25, -0.2) is 0 Å². The summed E-state index contributed by atoms with van der Waals surface area (Å²) in [4.78, 5) is 15.6. The Kier molecular flexibility index (Phi) is 4.63. The van der Waals surface area contributed by atoms with Crippen LogP contribution in [-0.4, -0.2) is 22.6 Å². The summed E-state index contributed by atoms with van der Waals surface area (Å²) in [5, 5.41) is 6.44. The van der Waals surface area contributed by atoms with Crippen molar-refractivity contribution in [1.82, 2.24) is 15.5 Å². The molecule has 2 rings (SSSR count). The van der Waals surface area contributed by atoms with Gasteiger partial charge in [0.2, 0.25) is 12.3 Å². The van der Waals surface area contributed by atoms with E-state index in [1.807, 2.05) is 30.3 Å². The van der Waals surface area contributed by atoms with Gasteiger partial charge in [0.25, 0.3) is 0 Å². The summed E-state index contributed by atoms with van der Waals surface area (Å²) in [7, 11) is 0. The van der Waals surface area contributed by atoms with E-state index in [0.717, 1.165) is 5.56 Å². The third kappa shape index (κ3) is 4.18. The first-order valence-corrected chi connectivity index (χ1v) is 6.08. The zero-order chi connectivity index (χ0) is 13.5. The second kappa shape index (κ2) is 6.65. The number of hydrogen-bond donors (Lipinski definition) is 2. The number of carbonyl (C=O) groups excluding carboxylic acids is 1. The van der Waals surface area contributed by atoms with Crippen LogP contribution in [0.3, 0.4) is 0 Å². The SMILES string of the molecule is NC(CC(=O)NCCc1ncon1)c1ccccc1. The molecule has 0 spiro atoms. The Bertz CT molecular complexity index is 499. The number of nitrogens with two attached hydrogens (primary N) is 1. The standard InChI is InChI=1S/C13H16N4O2/c14-11(10-4-2-1-3-5-10)8-13(18)15-7-6-12-16-9-19-17-12/h1-5,9,11H,6-8,14H2,(H,15,18). The molecule has 0 radical (unpaired) electrons.